The zero-order valence-electron chi connectivity index (χ0n) is 40.1. The van der Waals surface area contributed by atoms with Crippen LogP contribution in [-0.2, 0) is 42.9 Å². The molecule has 0 bridgehead atoms. The summed E-state index contributed by atoms with van der Waals surface area (Å²) in [5.41, 5.74) is 0. The fourth-order valence-electron chi connectivity index (χ4n) is 6.58. The van der Waals surface area contributed by atoms with Gasteiger partial charge in [-0.1, -0.05) is 84.0 Å². The number of carboxylic acids is 1. The molecule has 418 valence electrons. The molecular formula is C43H65F16N2O10+. The molecule has 71 heavy (non-hydrogen) atoms. The van der Waals surface area contributed by atoms with Crippen LogP contribution in [0.2, 0.25) is 0 Å². The van der Waals surface area contributed by atoms with Gasteiger partial charge in [-0.25, -0.2) is 4.79 Å². The summed E-state index contributed by atoms with van der Waals surface area (Å²) in [7, 11) is 5.29. The van der Waals surface area contributed by atoms with E-state index in [9.17, 15) is 99.3 Å². The highest BCUT2D eigenvalue weighted by Gasteiger charge is 2.95. The number of hydrogen-bond acceptors (Lipinski definition) is 10. The topological polar surface area (TPSA) is 146 Å². The number of carbonyl (C=O) groups excluding carboxylic acids is 4. The molecule has 0 amide bonds. The lowest BCUT2D eigenvalue weighted by Crippen LogP contribution is -2.75. The summed E-state index contributed by atoms with van der Waals surface area (Å²) in [5, 5.41) is 9.24. The van der Waals surface area contributed by atoms with Crippen molar-refractivity contribution in [3.05, 3.63) is 0 Å². The highest BCUT2D eigenvalue weighted by atomic mass is 19.4. The number of hydrogen-bond donors (Lipinski definition) is 1. The van der Waals surface area contributed by atoms with Crippen LogP contribution >= 0.6 is 0 Å². The molecule has 1 N–H and O–H groups in total. The van der Waals surface area contributed by atoms with E-state index >= 15 is 0 Å². The molecule has 0 aliphatic carbocycles. The van der Waals surface area contributed by atoms with E-state index in [4.69, 9.17) is 9.47 Å². The van der Waals surface area contributed by atoms with Crippen LogP contribution in [0.4, 0.5) is 70.2 Å². The quantitative estimate of drug-likeness (QED) is 0.0206. The predicted molar refractivity (Wildman–Crippen MR) is 219 cm³/mol. The van der Waals surface area contributed by atoms with Crippen LogP contribution in [0.15, 0.2) is 0 Å². The van der Waals surface area contributed by atoms with Crippen LogP contribution in [0.1, 0.15) is 122 Å². The number of nitrogens with zero attached hydrogens (tertiary/aromatic N) is 2. The first kappa shape index (κ1) is 67.1. The van der Waals surface area contributed by atoms with E-state index in [-0.39, 0.29) is 49.9 Å². The summed E-state index contributed by atoms with van der Waals surface area (Å²) in [6, 6.07) is 0. The lowest BCUT2D eigenvalue weighted by Gasteiger charge is -2.43. The van der Waals surface area contributed by atoms with E-state index in [0.717, 1.165) is 57.5 Å². The molecule has 0 aromatic heterocycles. The van der Waals surface area contributed by atoms with Crippen molar-refractivity contribution < 1.29 is 123 Å². The average Bonchev–Trinajstić information content (AvgIpc) is 3.23. The van der Waals surface area contributed by atoms with Crippen molar-refractivity contribution in [3.63, 3.8) is 0 Å². The van der Waals surface area contributed by atoms with Crippen molar-refractivity contribution in [1.82, 2.24) is 4.90 Å². The van der Waals surface area contributed by atoms with E-state index in [0.29, 0.717) is 44.9 Å². The Morgan fingerprint density at radius 3 is 1.17 bits per heavy atom. The normalized spacial score (nSPS) is 14.1. The number of quaternary nitrogens is 1. The van der Waals surface area contributed by atoms with Gasteiger partial charge in [-0.15, -0.1) is 0 Å². The molecule has 0 saturated carbocycles. The molecule has 0 heterocycles. The van der Waals surface area contributed by atoms with Crippen LogP contribution in [0.25, 0.3) is 0 Å². The molecule has 12 nitrogen and oxygen atoms in total. The summed E-state index contributed by atoms with van der Waals surface area (Å²) in [5.74, 6) is -69.6. The average molecular weight is 1070 g/mol. The summed E-state index contributed by atoms with van der Waals surface area (Å²) in [6.45, 7) is -6.00. The molecule has 0 aliphatic heterocycles. The third kappa shape index (κ3) is 20.2. The zero-order valence-corrected chi connectivity index (χ0v) is 40.1. The van der Waals surface area contributed by atoms with E-state index in [1.807, 2.05) is 0 Å². The monoisotopic (exact) mass is 1070 g/mol. The number of likely N-dealkylation sites (N-methyl/N-ethyl adjacent to an activating group) is 2. The Hall–Kier alpha value is -3.85. The molecule has 1 atom stereocenters. The van der Waals surface area contributed by atoms with E-state index in [1.54, 1.807) is 14.1 Å². The molecule has 0 aromatic carbocycles. The van der Waals surface area contributed by atoms with Crippen molar-refractivity contribution in [2.45, 2.75) is 176 Å². The van der Waals surface area contributed by atoms with Gasteiger partial charge < -0.3 is 28.5 Å². The van der Waals surface area contributed by atoms with Crippen molar-refractivity contribution in [2.75, 3.05) is 67.6 Å². The highest BCUT2D eigenvalue weighted by molar-refractivity contribution is 5.72. The highest BCUT2D eigenvalue weighted by Crippen LogP contribution is 2.63. The van der Waals surface area contributed by atoms with Crippen LogP contribution in [-0.4, -0.2) is 165 Å². The Morgan fingerprint density at radius 2 is 0.803 bits per heavy atom. The summed E-state index contributed by atoms with van der Waals surface area (Å²) >= 11 is 0. The van der Waals surface area contributed by atoms with Gasteiger partial charge >= 0.3 is 77.2 Å². The number of ether oxygens (including phenoxy) is 4. The lowest BCUT2D eigenvalue weighted by atomic mass is 9.88. The number of carbonyl (C=O) groups is 5. The van der Waals surface area contributed by atoms with Gasteiger partial charge in [0.05, 0.1) is 20.6 Å². The summed E-state index contributed by atoms with van der Waals surface area (Å²) in [4.78, 5) is 60.2. The third-order valence-electron chi connectivity index (χ3n) is 10.7. The number of aliphatic carboxylic acids is 1. The molecule has 28 heteroatoms. The fourth-order valence-corrected chi connectivity index (χ4v) is 6.58. The van der Waals surface area contributed by atoms with Crippen LogP contribution < -0.4 is 0 Å². The van der Waals surface area contributed by atoms with Crippen LogP contribution in [0.5, 0.6) is 0 Å². The van der Waals surface area contributed by atoms with Crippen LogP contribution in [0, 0.1) is 0 Å². The van der Waals surface area contributed by atoms with Crippen molar-refractivity contribution in [2.24, 2.45) is 0 Å². The van der Waals surface area contributed by atoms with Gasteiger partial charge in [0.2, 0.25) is 0 Å². The molecule has 0 aliphatic rings. The first-order valence-corrected chi connectivity index (χ1v) is 22.7. The number of carboxylic acid groups (broad SMARTS) is 1. The minimum absolute atomic E-state index is 0.0318. The van der Waals surface area contributed by atoms with Gasteiger partial charge in [0.15, 0.2) is 25.9 Å². The van der Waals surface area contributed by atoms with Crippen LogP contribution in [0.3, 0.4) is 0 Å². The molecular weight excluding hydrogens is 1010 g/mol. The Morgan fingerprint density at radius 1 is 0.479 bits per heavy atom. The van der Waals surface area contributed by atoms with Gasteiger partial charge in [0.1, 0.15) is 13.2 Å². The molecule has 0 spiro atoms. The van der Waals surface area contributed by atoms with E-state index in [2.05, 4.69) is 16.4 Å². The Bertz CT molecular complexity index is 1670. The number of esters is 4. The minimum Gasteiger partial charge on any atom is -0.477 e. The number of rotatable bonds is 39. The van der Waals surface area contributed by atoms with Crippen molar-refractivity contribution >= 4 is 29.8 Å². The minimum atomic E-state index is -8.68. The van der Waals surface area contributed by atoms with Gasteiger partial charge in [-0.2, -0.15) is 70.2 Å². The fraction of sp³-hybridized carbons (Fsp3) is 0.884. The largest absolute Gasteiger partial charge is 0.477 e. The Balaban J connectivity index is 5.09. The standard InChI is InChI=1S/C43H64F16N2O10/c1-6-7-8-9-12-15-18-21-32(64)68-27-30(25-61(4,5)26-31(62)63)71-34(66)23-20-17-14-11-10-13-16-19-22-33(65)69-28-36(44,45)38(48,49)40(52,53)42(56,57)43(58,59)41(54,55)39(50,51)37(46,47)29-70-35(67)24-60(2)3/h30H,6-29H2,1-5H3/p+1. The second-order valence-electron chi connectivity index (χ2n) is 18.1. The summed E-state index contributed by atoms with van der Waals surface area (Å²) < 4.78 is 245. The number of halogens is 16. The lowest BCUT2D eigenvalue weighted by molar-refractivity contribution is -0.886. The maximum atomic E-state index is 14.3. The summed E-state index contributed by atoms with van der Waals surface area (Å²) in [6.07, 6.45) is 7.92. The van der Waals surface area contributed by atoms with Gasteiger partial charge in [-0.05, 0) is 33.4 Å². The first-order valence-electron chi connectivity index (χ1n) is 22.7. The van der Waals surface area contributed by atoms with Gasteiger partial charge in [-0.3, -0.25) is 24.1 Å². The maximum Gasteiger partial charge on any atom is 0.385 e. The molecule has 0 saturated heterocycles. The molecule has 0 aromatic rings. The van der Waals surface area contributed by atoms with E-state index in [1.165, 1.54) is 0 Å². The first-order chi connectivity index (χ1) is 32.3. The van der Waals surface area contributed by atoms with Gasteiger partial charge in [0.25, 0.3) is 0 Å². The number of unbranched alkanes of at least 4 members (excludes halogenated alkanes) is 13. The molecule has 1 unspecified atom stereocenters. The zero-order chi connectivity index (χ0) is 55.3. The Labute approximate surface area is 401 Å². The Kier molecular flexibility index (Phi) is 27.0. The number of alkyl halides is 16. The van der Waals surface area contributed by atoms with E-state index < -0.39 is 110 Å². The predicted octanol–water partition coefficient (Wildman–Crippen LogP) is 10.4. The SMILES string of the molecule is CCCCCCCCCC(=O)OCC(C[N+](C)(C)CC(=O)O)OC(=O)CCCCCCCCCCC(=O)OCC(F)(F)C(F)(F)C(F)(F)C(F)(F)C(F)(F)C(F)(F)C(F)(F)C(F)(F)COC(=O)CN(C)C. The van der Waals surface area contributed by atoms with Crippen molar-refractivity contribution in [3.8, 4) is 0 Å². The molecule has 0 radical (unpaired) electrons. The second-order valence-corrected chi connectivity index (χ2v) is 18.1. The van der Waals surface area contributed by atoms with Gasteiger partial charge in [0, 0.05) is 19.3 Å². The maximum absolute atomic E-state index is 14.3. The smallest absolute Gasteiger partial charge is 0.385 e. The second kappa shape index (κ2) is 28.6. The molecule has 0 rings (SSSR count). The van der Waals surface area contributed by atoms with Crippen molar-refractivity contribution in [1.29, 1.82) is 0 Å². The third-order valence-corrected chi connectivity index (χ3v) is 10.7. The molecule has 0 fully saturated rings.